The van der Waals surface area contributed by atoms with Crippen molar-refractivity contribution < 1.29 is 14.3 Å². The average Bonchev–Trinajstić information content (AvgIpc) is 2.37. The third-order valence-corrected chi connectivity index (χ3v) is 3.66. The molecule has 0 aliphatic heterocycles. The lowest BCUT2D eigenvalue weighted by molar-refractivity contribution is -0.158. The number of hydrogen-bond acceptors (Lipinski definition) is 3. The van der Waals surface area contributed by atoms with Crippen molar-refractivity contribution in [2.45, 2.75) is 59.8 Å². The lowest BCUT2D eigenvalue weighted by Crippen LogP contribution is -2.40. The fraction of sp³-hybridized carbons (Fsp3) is 0.857. The van der Waals surface area contributed by atoms with E-state index >= 15 is 0 Å². The van der Waals surface area contributed by atoms with E-state index in [2.05, 4.69) is 6.92 Å². The number of methoxy groups -OCH3 is 1. The zero-order valence-electron chi connectivity index (χ0n) is 11.8. The monoisotopic (exact) mass is 242 g/mol. The van der Waals surface area contributed by atoms with Gasteiger partial charge in [-0.2, -0.15) is 0 Å². The quantitative estimate of drug-likeness (QED) is 0.484. The van der Waals surface area contributed by atoms with Crippen LogP contribution < -0.4 is 0 Å². The van der Waals surface area contributed by atoms with E-state index in [0.29, 0.717) is 6.42 Å². The molecule has 2 atom stereocenters. The van der Waals surface area contributed by atoms with E-state index in [-0.39, 0.29) is 11.7 Å². The Morgan fingerprint density at radius 1 is 1.24 bits per heavy atom. The second kappa shape index (κ2) is 7.46. The van der Waals surface area contributed by atoms with Gasteiger partial charge in [0, 0.05) is 5.92 Å². The Kier molecular flexibility index (Phi) is 7.09. The van der Waals surface area contributed by atoms with Crippen molar-refractivity contribution in [1.29, 1.82) is 0 Å². The summed E-state index contributed by atoms with van der Waals surface area (Å²) in [6.07, 6.45) is 4.28. The summed E-state index contributed by atoms with van der Waals surface area (Å²) in [6, 6.07) is 0. The maximum absolute atomic E-state index is 12.4. The summed E-state index contributed by atoms with van der Waals surface area (Å²) in [7, 11) is 1.34. The fourth-order valence-corrected chi connectivity index (χ4v) is 2.07. The number of ketones is 1. The van der Waals surface area contributed by atoms with Crippen molar-refractivity contribution in [3.8, 4) is 0 Å². The normalized spacial score (nSPS) is 16.1. The Bertz CT molecular complexity index is 260. The second-order valence-corrected chi connectivity index (χ2v) is 4.79. The van der Waals surface area contributed by atoms with Crippen molar-refractivity contribution in [2.24, 2.45) is 11.3 Å². The van der Waals surface area contributed by atoms with Gasteiger partial charge in [-0.3, -0.25) is 9.59 Å². The van der Waals surface area contributed by atoms with Gasteiger partial charge in [0.2, 0.25) is 0 Å². The Balaban J connectivity index is 4.87. The minimum absolute atomic E-state index is 0.0148. The first kappa shape index (κ1) is 16.1. The van der Waals surface area contributed by atoms with E-state index < -0.39 is 11.4 Å². The molecule has 0 bridgehead atoms. The van der Waals surface area contributed by atoms with Crippen LogP contribution in [0.1, 0.15) is 59.8 Å². The molecular weight excluding hydrogens is 216 g/mol. The van der Waals surface area contributed by atoms with Crippen LogP contribution in [-0.2, 0) is 14.3 Å². The number of Topliss-reactive ketones (excluding diaryl/α,β-unsaturated/α-hetero) is 1. The number of ether oxygens (including phenoxy) is 1. The van der Waals surface area contributed by atoms with Crippen LogP contribution in [-0.4, -0.2) is 18.9 Å². The summed E-state index contributed by atoms with van der Waals surface area (Å²) in [5, 5.41) is 0. The average molecular weight is 242 g/mol. The summed E-state index contributed by atoms with van der Waals surface area (Å²) in [5.41, 5.74) is -0.969. The van der Waals surface area contributed by atoms with E-state index in [4.69, 9.17) is 4.74 Å². The molecule has 0 aliphatic carbocycles. The van der Waals surface area contributed by atoms with Gasteiger partial charge >= 0.3 is 5.97 Å². The van der Waals surface area contributed by atoms with Gasteiger partial charge in [-0.15, -0.1) is 0 Å². The molecule has 0 amide bonds. The molecule has 0 aromatic rings. The van der Waals surface area contributed by atoms with Crippen LogP contribution >= 0.6 is 0 Å². The third-order valence-electron chi connectivity index (χ3n) is 3.66. The Morgan fingerprint density at radius 2 is 1.82 bits per heavy atom. The van der Waals surface area contributed by atoms with Gasteiger partial charge in [0.25, 0.3) is 0 Å². The maximum atomic E-state index is 12.4. The van der Waals surface area contributed by atoms with Gasteiger partial charge in [-0.1, -0.05) is 33.6 Å². The molecular formula is C14H26O3. The molecule has 3 nitrogen and oxygen atoms in total. The molecule has 0 aliphatic rings. The number of carbonyl (C=O) groups excluding carboxylic acids is 2. The van der Waals surface area contributed by atoms with E-state index in [1.54, 1.807) is 6.92 Å². The Morgan fingerprint density at radius 3 is 2.18 bits per heavy atom. The SMILES string of the molecule is CCCCC(CC)C(=O)C(C)(CC)C(=O)OC. The summed E-state index contributed by atoms with van der Waals surface area (Å²) in [4.78, 5) is 24.2. The minimum Gasteiger partial charge on any atom is -0.468 e. The summed E-state index contributed by atoms with van der Waals surface area (Å²) in [6.45, 7) is 7.68. The predicted molar refractivity (Wildman–Crippen MR) is 68.7 cm³/mol. The van der Waals surface area contributed by atoms with Gasteiger partial charge in [-0.25, -0.2) is 0 Å². The zero-order chi connectivity index (χ0) is 13.5. The molecule has 0 rings (SSSR count). The molecule has 2 unspecified atom stereocenters. The fourth-order valence-electron chi connectivity index (χ4n) is 2.07. The molecule has 0 aromatic heterocycles. The lowest BCUT2D eigenvalue weighted by Gasteiger charge is -2.28. The molecule has 0 N–H and O–H groups in total. The smallest absolute Gasteiger partial charge is 0.319 e. The molecule has 0 radical (unpaired) electrons. The van der Waals surface area contributed by atoms with Crippen LogP contribution in [0.3, 0.4) is 0 Å². The number of hydrogen-bond donors (Lipinski definition) is 0. The molecule has 17 heavy (non-hydrogen) atoms. The zero-order valence-corrected chi connectivity index (χ0v) is 11.8. The van der Waals surface area contributed by atoms with Gasteiger partial charge < -0.3 is 4.74 Å². The number of esters is 1. The largest absolute Gasteiger partial charge is 0.468 e. The molecule has 0 spiro atoms. The summed E-state index contributed by atoms with van der Waals surface area (Å²) < 4.78 is 4.77. The lowest BCUT2D eigenvalue weighted by atomic mass is 9.75. The molecule has 0 fully saturated rings. The molecule has 0 aromatic carbocycles. The van der Waals surface area contributed by atoms with Gasteiger partial charge in [0.15, 0.2) is 5.78 Å². The molecule has 0 saturated carbocycles. The van der Waals surface area contributed by atoms with Crippen molar-refractivity contribution in [2.75, 3.05) is 7.11 Å². The highest BCUT2D eigenvalue weighted by Gasteiger charge is 2.42. The van der Waals surface area contributed by atoms with Crippen LogP contribution in [0.4, 0.5) is 0 Å². The Hall–Kier alpha value is -0.860. The summed E-state index contributed by atoms with van der Waals surface area (Å²) >= 11 is 0. The Labute approximate surface area is 105 Å². The molecule has 3 heteroatoms. The van der Waals surface area contributed by atoms with Gasteiger partial charge in [0.1, 0.15) is 5.41 Å². The standard InChI is InChI=1S/C14H26O3/c1-6-9-10-11(7-2)12(15)14(4,8-3)13(16)17-5/h11H,6-10H2,1-5H3. The molecule has 100 valence electrons. The van der Waals surface area contributed by atoms with Gasteiger partial charge in [0.05, 0.1) is 7.11 Å². The summed E-state index contributed by atoms with van der Waals surface area (Å²) in [5.74, 6) is -0.373. The van der Waals surface area contributed by atoms with Crippen molar-refractivity contribution in [3.05, 3.63) is 0 Å². The third kappa shape index (κ3) is 3.83. The number of rotatable bonds is 8. The van der Waals surface area contributed by atoms with Crippen LogP contribution in [0.15, 0.2) is 0 Å². The highest BCUT2D eigenvalue weighted by atomic mass is 16.5. The van der Waals surface area contributed by atoms with E-state index in [1.807, 2.05) is 13.8 Å². The van der Waals surface area contributed by atoms with Gasteiger partial charge in [-0.05, 0) is 26.2 Å². The van der Waals surface area contributed by atoms with Crippen molar-refractivity contribution in [3.63, 3.8) is 0 Å². The minimum atomic E-state index is -0.969. The number of unbranched alkanes of at least 4 members (excludes halogenated alkanes) is 1. The van der Waals surface area contributed by atoms with E-state index in [0.717, 1.165) is 25.7 Å². The van der Waals surface area contributed by atoms with Crippen LogP contribution in [0.25, 0.3) is 0 Å². The number of carbonyl (C=O) groups is 2. The maximum Gasteiger partial charge on any atom is 0.319 e. The topological polar surface area (TPSA) is 43.4 Å². The first-order valence-corrected chi connectivity index (χ1v) is 6.60. The predicted octanol–water partition coefficient (Wildman–Crippen LogP) is 3.36. The first-order valence-electron chi connectivity index (χ1n) is 6.60. The van der Waals surface area contributed by atoms with Crippen LogP contribution in [0.5, 0.6) is 0 Å². The van der Waals surface area contributed by atoms with Crippen LogP contribution in [0, 0.1) is 11.3 Å². The molecule has 0 saturated heterocycles. The molecule has 0 heterocycles. The highest BCUT2D eigenvalue weighted by molar-refractivity contribution is 6.04. The van der Waals surface area contributed by atoms with Crippen molar-refractivity contribution in [1.82, 2.24) is 0 Å². The first-order chi connectivity index (χ1) is 7.97. The van der Waals surface area contributed by atoms with E-state index in [1.165, 1.54) is 7.11 Å². The van der Waals surface area contributed by atoms with Crippen LogP contribution in [0.2, 0.25) is 0 Å². The highest BCUT2D eigenvalue weighted by Crippen LogP contribution is 2.31. The van der Waals surface area contributed by atoms with E-state index in [9.17, 15) is 9.59 Å². The second-order valence-electron chi connectivity index (χ2n) is 4.79. The van der Waals surface area contributed by atoms with Crippen molar-refractivity contribution >= 4 is 11.8 Å².